The minimum atomic E-state index is -0.0999. The fraction of sp³-hybridized carbons (Fsp3) is 0.382. The van der Waals surface area contributed by atoms with Gasteiger partial charge < -0.3 is 26.0 Å². The van der Waals surface area contributed by atoms with Crippen molar-refractivity contribution < 1.29 is 9.53 Å². The zero-order valence-electron chi connectivity index (χ0n) is 25.0. The Hall–Kier alpha value is -4.17. The molecule has 8 nitrogen and oxygen atoms in total. The third-order valence-electron chi connectivity index (χ3n) is 7.69. The summed E-state index contributed by atoms with van der Waals surface area (Å²) in [6.07, 6.45) is 10.9. The van der Waals surface area contributed by atoms with Gasteiger partial charge in [-0.25, -0.2) is 0 Å². The van der Waals surface area contributed by atoms with E-state index in [1.54, 1.807) is 13.0 Å². The molecule has 1 aliphatic heterocycles. The Kier molecular flexibility index (Phi) is 11.1. The maximum absolute atomic E-state index is 12.8. The van der Waals surface area contributed by atoms with Crippen molar-refractivity contribution in [3.8, 4) is 11.5 Å². The molecule has 4 rings (SSSR count). The number of amidine groups is 1. The predicted octanol–water partition coefficient (Wildman–Crippen LogP) is 5.68. The summed E-state index contributed by atoms with van der Waals surface area (Å²) in [6.45, 7) is 7.81. The molecule has 42 heavy (non-hydrogen) atoms. The summed E-state index contributed by atoms with van der Waals surface area (Å²) in [5.74, 6) is 1.98. The molecule has 8 heteroatoms. The van der Waals surface area contributed by atoms with E-state index in [1.807, 2.05) is 78.7 Å². The Morgan fingerprint density at radius 1 is 1.10 bits per heavy atom. The highest BCUT2D eigenvalue weighted by molar-refractivity contribution is 6.29. The van der Waals surface area contributed by atoms with E-state index in [9.17, 15) is 4.79 Å². The molecule has 0 aromatic heterocycles. The first-order chi connectivity index (χ1) is 20.3. The van der Waals surface area contributed by atoms with Crippen LogP contribution >= 0.6 is 0 Å². The predicted molar refractivity (Wildman–Crippen MR) is 171 cm³/mol. The first-order valence-corrected chi connectivity index (χ1v) is 14.9. The standard InChI is InChI=1S/C34H44N6O2/c1-4-24(2)22-38-34(39-28-19-21-40(23-28)31(41)14-9-20-37-27-10-8-11-27)32(25(3)35)33(36)26-15-17-30(18-16-26)42-29-12-6-5-7-13-29/h5-7,9,12-18,22,27-28,36-37H,4,8,10-11,19-21,23,35H2,1-3H3,(H,38,39)/b14-9+,24-22?,32-25+,36-33?. The lowest BCUT2D eigenvalue weighted by molar-refractivity contribution is -0.125. The average molecular weight is 569 g/mol. The van der Waals surface area contributed by atoms with E-state index >= 15 is 0 Å². The largest absolute Gasteiger partial charge is 0.457 e. The summed E-state index contributed by atoms with van der Waals surface area (Å²) in [5.41, 5.74) is 9.54. The van der Waals surface area contributed by atoms with Gasteiger partial charge in [0, 0.05) is 49.2 Å². The van der Waals surface area contributed by atoms with Gasteiger partial charge in [0.25, 0.3) is 0 Å². The second-order valence-electron chi connectivity index (χ2n) is 11.0. The monoisotopic (exact) mass is 568 g/mol. The minimum Gasteiger partial charge on any atom is -0.457 e. The van der Waals surface area contributed by atoms with Crippen molar-refractivity contribution >= 4 is 17.5 Å². The van der Waals surface area contributed by atoms with Gasteiger partial charge in [0.05, 0.1) is 17.3 Å². The van der Waals surface area contributed by atoms with E-state index in [0.29, 0.717) is 54.1 Å². The van der Waals surface area contributed by atoms with Crippen molar-refractivity contribution in [2.24, 2.45) is 10.7 Å². The van der Waals surface area contributed by atoms with Crippen LogP contribution < -0.4 is 21.1 Å². The summed E-state index contributed by atoms with van der Waals surface area (Å²) in [7, 11) is 0. The molecular formula is C34H44N6O2. The Balaban J connectivity index is 1.48. The number of rotatable bonds is 12. The van der Waals surface area contributed by atoms with Crippen molar-refractivity contribution in [2.45, 2.75) is 65.0 Å². The summed E-state index contributed by atoms with van der Waals surface area (Å²) >= 11 is 0. The minimum absolute atomic E-state index is 0.00988. The van der Waals surface area contributed by atoms with Gasteiger partial charge in [-0.15, -0.1) is 0 Å². The number of aliphatic imine (C=N–C) groups is 1. The molecule has 1 saturated heterocycles. The normalized spacial score (nSPS) is 18.5. The molecule has 1 amide bonds. The maximum Gasteiger partial charge on any atom is 0.246 e. The first-order valence-electron chi connectivity index (χ1n) is 14.9. The van der Waals surface area contributed by atoms with Crippen molar-refractivity contribution in [2.75, 3.05) is 19.6 Å². The molecule has 222 valence electrons. The fourth-order valence-corrected chi connectivity index (χ4v) is 4.77. The van der Waals surface area contributed by atoms with Crippen molar-refractivity contribution in [1.82, 2.24) is 15.5 Å². The molecule has 2 aromatic carbocycles. The molecule has 0 bridgehead atoms. The Morgan fingerprint density at radius 3 is 2.45 bits per heavy atom. The van der Waals surface area contributed by atoms with E-state index in [-0.39, 0.29) is 17.7 Å². The van der Waals surface area contributed by atoms with Crippen LogP contribution in [0.5, 0.6) is 11.5 Å². The number of ether oxygens (including phenoxy) is 1. The van der Waals surface area contributed by atoms with Crippen LogP contribution in [0.1, 0.15) is 58.4 Å². The second kappa shape index (κ2) is 15.2. The average Bonchev–Trinajstić information content (AvgIpc) is 3.44. The van der Waals surface area contributed by atoms with Crippen molar-refractivity contribution in [3.05, 3.63) is 95.4 Å². The Bertz CT molecular complexity index is 1340. The summed E-state index contributed by atoms with van der Waals surface area (Å²) in [4.78, 5) is 19.7. The molecule has 2 aromatic rings. The number of likely N-dealkylation sites (tertiary alicyclic amines) is 1. The van der Waals surface area contributed by atoms with Crippen molar-refractivity contribution in [1.29, 1.82) is 5.41 Å². The van der Waals surface area contributed by atoms with Crippen LogP contribution in [0.4, 0.5) is 0 Å². The maximum atomic E-state index is 12.8. The molecule has 1 unspecified atom stereocenters. The van der Waals surface area contributed by atoms with Gasteiger partial charge in [0.1, 0.15) is 17.3 Å². The second-order valence-corrected chi connectivity index (χ2v) is 11.0. The summed E-state index contributed by atoms with van der Waals surface area (Å²) < 4.78 is 5.92. The topological polar surface area (TPSA) is 116 Å². The van der Waals surface area contributed by atoms with E-state index in [0.717, 1.165) is 24.2 Å². The number of nitrogens with zero attached hydrogens (tertiary/aromatic N) is 2. The molecule has 2 fully saturated rings. The van der Waals surface area contributed by atoms with Crippen LogP contribution in [0, 0.1) is 5.41 Å². The van der Waals surface area contributed by atoms with Gasteiger partial charge in [-0.1, -0.05) is 43.2 Å². The molecule has 1 aliphatic carbocycles. The van der Waals surface area contributed by atoms with E-state index in [4.69, 9.17) is 20.9 Å². The van der Waals surface area contributed by atoms with E-state index in [1.165, 1.54) is 19.3 Å². The number of nitrogens with two attached hydrogens (primary N) is 1. The molecule has 1 heterocycles. The molecule has 0 radical (unpaired) electrons. The molecule has 5 N–H and O–H groups in total. The van der Waals surface area contributed by atoms with Gasteiger partial charge >= 0.3 is 0 Å². The molecule has 0 spiro atoms. The molecule has 1 atom stereocenters. The van der Waals surface area contributed by atoms with Crippen LogP contribution in [0.15, 0.2) is 94.8 Å². The quantitative estimate of drug-likeness (QED) is 0.149. The number of benzene rings is 2. The third-order valence-corrected chi connectivity index (χ3v) is 7.69. The Labute approximate surface area is 249 Å². The number of para-hydroxylation sites is 1. The SMILES string of the molecule is CCC(C)=CNC(=NC1CCN(C(=O)/C=C/CNC2CCC2)C1)/C(C(=N)c1ccc(Oc2ccccc2)cc1)=C(\C)N. The highest BCUT2D eigenvalue weighted by Gasteiger charge is 2.27. The number of nitrogens with one attached hydrogen (secondary N) is 3. The van der Waals surface area contributed by atoms with Gasteiger partial charge in [-0.3, -0.25) is 15.2 Å². The molecular weight excluding hydrogens is 524 g/mol. The number of carbonyl (C=O) groups is 1. The van der Waals surface area contributed by atoms with Gasteiger partial charge in [-0.2, -0.15) is 0 Å². The van der Waals surface area contributed by atoms with Crippen molar-refractivity contribution in [3.63, 3.8) is 0 Å². The molecule has 2 aliphatic rings. The lowest BCUT2D eigenvalue weighted by atomic mass is 9.93. The zero-order valence-corrected chi connectivity index (χ0v) is 25.0. The highest BCUT2D eigenvalue weighted by Crippen LogP contribution is 2.23. The number of carbonyl (C=O) groups excluding carboxylic acids is 1. The lowest BCUT2D eigenvalue weighted by Gasteiger charge is -2.25. The fourth-order valence-electron chi connectivity index (χ4n) is 4.77. The van der Waals surface area contributed by atoms with Crippen LogP contribution in [0.2, 0.25) is 0 Å². The third kappa shape index (κ3) is 8.66. The summed E-state index contributed by atoms with van der Waals surface area (Å²) in [5, 5.41) is 15.9. The van der Waals surface area contributed by atoms with E-state index in [2.05, 4.69) is 17.6 Å². The zero-order chi connectivity index (χ0) is 29.9. The number of amides is 1. The van der Waals surface area contributed by atoms with E-state index < -0.39 is 0 Å². The molecule has 1 saturated carbocycles. The number of allylic oxidation sites excluding steroid dienone is 2. The summed E-state index contributed by atoms with van der Waals surface area (Å²) in [6, 6.07) is 17.5. The van der Waals surface area contributed by atoms with Gasteiger partial charge in [0.2, 0.25) is 5.91 Å². The Morgan fingerprint density at radius 2 is 1.81 bits per heavy atom. The van der Waals surface area contributed by atoms with Crippen LogP contribution in [-0.4, -0.2) is 54.1 Å². The van der Waals surface area contributed by atoms with Crippen LogP contribution in [-0.2, 0) is 4.79 Å². The number of hydrogen-bond donors (Lipinski definition) is 4. The highest BCUT2D eigenvalue weighted by atomic mass is 16.5. The lowest BCUT2D eigenvalue weighted by Crippen LogP contribution is -2.35. The van der Waals surface area contributed by atoms with Gasteiger partial charge in [0.15, 0.2) is 0 Å². The van der Waals surface area contributed by atoms with Crippen LogP contribution in [0.25, 0.3) is 0 Å². The number of hydrogen-bond acceptors (Lipinski definition) is 6. The first kappa shape index (κ1) is 30.8. The van der Waals surface area contributed by atoms with Crippen LogP contribution in [0.3, 0.4) is 0 Å². The smallest absolute Gasteiger partial charge is 0.246 e. The van der Waals surface area contributed by atoms with Gasteiger partial charge in [-0.05, 0) is 75.9 Å².